The summed E-state index contributed by atoms with van der Waals surface area (Å²) in [5.74, 6) is -0.622. The minimum Gasteiger partial charge on any atom is -0.508 e. The third kappa shape index (κ3) is 2.98. The highest BCUT2D eigenvalue weighted by Gasteiger charge is 2.08. The summed E-state index contributed by atoms with van der Waals surface area (Å²) in [4.78, 5) is 12.0. The molecule has 0 atom stereocenters. The molecule has 0 saturated heterocycles. The van der Waals surface area contributed by atoms with Crippen LogP contribution in [0, 0.1) is 6.92 Å². The lowest BCUT2D eigenvalue weighted by Crippen LogP contribution is -1.95. The number of ketones is 1. The van der Waals surface area contributed by atoms with E-state index in [9.17, 15) is 20.1 Å². The number of rotatable bonds is 3. The van der Waals surface area contributed by atoms with Gasteiger partial charge in [-0.1, -0.05) is 11.6 Å². The van der Waals surface area contributed by atoms with Crippen molar-refractivity contribution in [2.75, 3.05) is 0 Å². The first-order valence-electron chi connectivity index (χ1n) is 6.01. The molecule has 0 unspecified atom stereocenters. The molecule has 3 N–H and O–H groups in total. The van der Waals surface area contributed by atoms with Gasteiger partial charge >= 0.3 is 0 Å². The highest BCUT2D eigenvalue weighted by molar-refractivity contribution is 6.08. The van der Waals surface area contributed by atoms with Gasteiger partial charge in [0, 0.05) is 11.6 Å². The van der Waals surface area contributed by atoms with E-state index in [0.717, 1.165) is 5.56 Å². The average molecular weight is 270 g/mol. The number of phenolic OH excluding ortho intramolecular Hbond substituents is 3. The highest BCUT2D eigenvalue weighted by atomic mass is 16.3. The lowest BCUT2D eigenvalue weighted by Gasteiger charge is -2.02. The van der Waals surface area contributed by atoms with Gasteiger partial charge in [-0.15, -0.1) is 0 Å². The van der Waals surface area contributed by atoms with Gasteiger partial charge in [0.05, 0.1) is 5.56 Å². The lowest BCUT2D eigenvalue weighted by atomic mass is 10.1. The summed E-state index contributed by atoms with van der Waals surface area (Å²) in [5.41, 5.74) is 1.48. The number of benzene rings is 2. The first-order chi connectivity index (χ1) is 9.47. The molecular weight excluding hydrogens is 256 g/mol. The zero-order valence-electron chi connectivity index (χ0n) is 10.9. The van der Waals surface area contributed by atoms with Crippen molar-refractivity contribution in [3.05, 3.63) is 59.2 Å². The molecule has 0 aliphatic rings. The molecule has 0 aromatic heterocycles. The Hall–Kier alpha value is -2.75. The van der Waals surface area contributed by atoms with Crippen molar-refractivity contribution in [1.82, 2.24) is 0 Å². The van der Waals surface area contributed by atoms with E-state index in [1.54, 1.807) is 12.1 Å². The normalized spacial score (nSPS) is 10.8. The van der Waals surface area contributed by atoms with Gasteiger partial charge in [0.2, 0.25) is 0 Å². The standard InChI is InChI=1S/C16H14O4/c1-10-2-6-14(18)13(8-10)15(19)7-4-11-3-5-12(17)9-16(11)20/h2-9,17-18,20H,1H3/b7-4+. The number of aryl methyl sites for hydroxylation is 1. The highest BCUT2D eigenvalue weighted by Crippen LogP contribution is 2.24. The van der Waals surface area contributed by atoms with E-state index in [0.29, 0.717) is 5.56 Å². The van der Waals surface area contributed by atoms with Crippen LogP contribution in [0.15, 0.2) is 42.5 Å². The Morgan fingerprint density at radius 3 is 2.45 bits per heavy atom. The second kappa shape index (κ2) is 5.48. The predicted octanol–water partition coefficient (Wildman–Crippen LogP) is 3.01. The maximum atomic E-state index is 12.0. The van der Waals surface area contributed by atoms with Crippen molar-refractivity contribution in [3.8, 4) is 17.2 Å². The monoisotopic (exact) mass is 270 g/mol. The van der Waals surface area contributed by atoms with Crippen molar-refractivity contribution >= 4 is 11.9 Å². The maximum Gasteiger partial charge on any atom is 0.189 e. The van der Waals surface area contributed by atoms with Gasteiger partial charge in [0.1, 0.15) is 17.2 Å². The van der Waals surface area contributed by atoms with Crippen LogP contribution in [0.25, 0.3) is 6.08 Å². The van der Waals surface area contributed by atoms with Crippen molar-refractivity contribution in [2.45, 2.75) is 6.92 Å². The van der Waals surface area contributed by atoms with Crippen LogP contribution in [-0.4, -0.2) is 21.1 Å². The zero-order chi connectivity index (χ0) is 14.7. The van der Waals surface area contributed by atoms with Gasteiger partial charge in [0.15, 0.2) is 5.78 Å². The fourth-order valence-corrected chi connectivity index (χ4v) is 1.78. The summed E-state index contributed by atoms with van der Waals surface area (Å²) in [6, 6.07) is 8.86. The maximum absolute atomic E-state index is 12.0. The van der Waals surface area contributed by atoms with Crippen molar-refractivity contribution in [3.63, 3.8) is 0 Å². The molecule has 102 valence electrons. The molecule has 0 aliphatic carbocycles. The molecule has 0 fully saturated rings. The van der Waals surface area contributed by atoms with Crippen LogP contribution in [0.1, 0.15) is 21.5 Å². The van der Waals surface area contributed by atoms with Crippen LogP contribution < -0.4 is 0 Å². The number of carbonyl (C=O) groups is 1. The summed E-state index contributed by atoms with van der Waals surface area (Å²) in [6.45, 7) is 1.83. The molecular formula is C16H14O4. The van der Waals surface area contributed by atoms with E-state index in [1.165, 1.54) is 36.4 Å². The van der Waals surface area contributed by atoms with E-state index < -0.39 is 0 Å². The Balaban J connectivity index is 2.27. The zero-order valence-corrected chi connectivity index (χ0v) is 10.9. The summed E-state index contributed by atoms with van der Waals surface area (Å²) in [5, 5.41) is 28.4. The topological polar surface area (TPSA) is 77.8 Å². The second-order valence-electron chi connectivity index (χ2n) is 4.46. The molecule has 0 radical (unpaired) electrons. The number of carbonyl (C=O) groups excluding carboxylic acids is 1. The molecule has 2 rings (SSSR count). The predicted molar refractivity (Wildman–Crippen MR) is 76.0 cm³/mol. The van der Waals surface area contributed by atoms with Gasteiger partial charge in [-0.2, -0.15) is 0 Å². The van der Waals surface area contributed by atoms with E-state index >= 15 is 0 Å². The first-order valence-corrected chi connectivity index (χ1v) is 6.01. The fourth-order valence-electron chi connectivity index (χ4n) is 1.78. The van der Waals surface area contributed by atoms with Crippen LogP contribution in [0.5, 0.6) is 17.2 Å². The summed E-state index contributed by atoms with van der Waals surface area (Å²) >= 11 is 0. The Labute approximate surface area is 116 Å². The molecule has 4 heteroatoms. The largest absolute Gasteiger partial charge is 0.508 e. The number of aromatic hydroxyl groups is 3. The molecule has 20 heavy (non-hydrogen) atoms. The molecule has 0 aliphatic heterocycles. The van der Waals surface area contributed by atoms with Gasteiger partial charge in [-0.25, -0.2) is 0 Å². The molecule has 2 aromatic rings. The van der Waals surface area contributed by atoms with E-state index in [2.05, 4.69) is 0 Å². The van der Waals surface area contributed by atoms with Crippen molar-refractivity contribution in [1.29, 1.82) is 0 Å². The van der Waals surface area contributed by atoms with E-state index in [4.69, 9.17) is 0 Å². The van der Waals surface area contributed by atoms with Gasteiger partial charge < -0.3 is 15.3 Å². The van der Waals surface area contributed by atoms with E-state index in [-0.39, 0.29) is 28.6 Å². The summed E-state index contributed by atoms with van der Waals surface area (Å²) in [7, 11) is 0. The van der Waals surface area contributed by atoms with Gasteiger partial charge in [-0.05, 0) is 43.3 Å². The van der Waals surface area contributed by atoms with Crippen LogP contribution in [-0.2, 0) is 0 Å². The van der Waals surface area contributed by atoms with Crippen molar-refractivity contribution < 1.29 is 20.1 Å². The van der Waals surface area contributed by atoms with Crippen LogP contribution in [0.2, 0.25) is 0 Å². The quantitative estimate of drug-likeness (QED) is 0.592. The van der Waals surface area contributed by atoms with E-state index in [1.807, 2.05) is 6.92 Å². The summed E-state index contributed by atoms with van der Waals surface area (Å²) in [6.07, 6.45) is 2.69. The number of hydrogen-bond acceptors (Lipinski definition) is 4. The third-order valence-electron chi connectivity index (χ3n) is 2.85. The van der Waals surface area contributed by atoms with Gasteiger partial charge in [0.25, 0.3) is 0 Å². The first kappa shape index (κ1) is 13.7. The Morgan fingerprint density at radius 2 is 1.75 bits per heavy atom. The molecule has 0 bridgehead atoms. The minimum absolute atomic E-state index is 0.0534. The number of phenols is 3. The molecule has 0 spiro atoms. The molecule has 4 nitrogen and oxygen atoms in total. The second-order valence-corrected chi connectivity index (χ2v) is 4.46. The van der Waals surface area contributed by atoms with Crippen LogP contribution in [0.3, 0.4) is 0 Å². The SMILES string of the molecule is Cc1ccc(O)c(C(=O)/C=C/c2ccc(O)cc2O)c1. The molecule has 2 aromatic carbocycles. The third-order valence-corrected chi connectivity index (χ3v) is 2.85. The van der Waals surface area contributed by atoms with Crippen LogP contribution in [0.4, 0.5) is 0 Å². The van der Waals surface area contributed by atoms with Crippen LogP contribution >= 0.6 is 0 Å². The Kier molecular flexibility index (Phi) is 3.75. The Bertz CT molecular complexity index is 687. The number of allylic oxidation sites excluding steroid dienone is 1. The Morgan fingerprint density at radius 1 is 1.00 bits per heavy atom. The molecule has 0 saturated carbocycles. The van der Waals surface area contributed by atoms with Gasteiger partial charge in [-0.3, -0.25) is 4.79 Å². The molecule has 0 amide bonds. The lowest BCUT2D eigenvalue weighted by molar-refractivity contribution is 0.104. The van der Waals surface area contributed by atoms with Crippen molar-refractivity contribution in [2.24, 2.45) is 0 Å². The minimum atomic E-state index is -0.362. The summed E-state index contributed by atoms with van der Waals surface area (Å²) < 4.78 is 0. The average Bonchev–Trinajstić information content (AvgIpc) is 2.40. The smallest absolute Gasteiger partial charge is 0.189 e. The molecule has 0 heterocycles. The fraction of sp³-hybridized carbons (Fsp3) is 0.0625. The number of hydrogen-bond donors (Lipinski definition) is 3.